The van der Waals surface area contributed by atoms with Crippen LogP contribution in [0.1, 0.15) is 12.5 Å². The third-order valence-electron chi connectivity index (χ3n) is 3.17. The van der Waals surface area contributed by atoms with Gasteiger partial charge in [-0.05, 0) is 12.5 Å². The maximum absolute atomic E-state index is 12.3. The number of carbonyl (C=O) groups excluding carboxylic acids is 1. The first kappa shape index (κ1) is 16.1. The summed E-state index contributed by atoms with van der Waals surface area (Å²) >= 11 is 0. The van der Waals surface area contributed by atoms with E-state index in [0.717, 1.165) is 0 Å². The Kier molecular flexibility index (Phi) is 5.66. The van der Waals surface area contributed by atoms with Crippen LogP contribution >= 0.6 is 0 Å². The third-order valence-corrected chi connectivity index (χ3v) is 3.17. The highest BCUT2D eigenvalue weighted by molar-refractivity contribution is 5.86. The van der Waals surface area contributed by atoms with Gasteiger partial charge in [-0.3, -0.25) is 4.79 Å². The monoisotopic (exact) mass is 281 g/mol. The number of nitrogens with one attached hydrogen (secondary N) is 1. The smallest absolute Gasteiger partial charge is 0.334 e. The Morgan fingerprint density at radius 2 is 1.90 bits per heavy atom. The molecule has 0 aliphatic heterocycles. The normalized spacial score (nSPS) is 15.2. The minimum Gasteiger partial charge on any atom is -0.479 e. The van der Waals surface area contributed by atoms with E-state index in [2.05, 4.69) is 5.32 Å². The van der Waals surface area contributed by atoms with Crippen molar-refractivity contribution in [3.8, 4) is 0 Å². The van der Waals surface area contributed by atoms with Crippen LogP contribution in [-0.2, 0) is 24.7 Å². The second kappa shape index (κ2) is 7.02. The first-order valence-corrected chi connectivity index (χ1v) is 6.10. The molecule has 1 aromatic carbocycles. The summed E-state index contributed by atoms with van der Waals surface area (Å²) in [7, 11) is 2.70. The van der Waals surface area contributed by atoms with E-state index >= 15 is 0 Å². The lowest BCUT2D eigenvalue weighted by molar-refractivity contribution is -0.150. The van der Waals surface area contributed by atoms with Gasteiger partial charge in [-0.1, -0.05) is 30.3 Å². The van der Waals surface area contributed by atoms with Gasteiger partial charge in [0.1, 0.15) is 0 Å². The Hall–Kier alpha value is -1.92. The number of methoxy groups -OCH3 is 2. The van der Waals surface area contributed by atoms with Crippen molar-refractivity contribution in [3.05, 3.63) is 35.9 Å². The Bertz CT molecular complexity index is 462. The zero-order valence-corrected chi connectivity index (χ0v) is 11.8. The van der Waals surface area contributed by atoms with Gasteiger partial charge in [-0.2, -0.15) is 0 Å². The van der Waals surface area contributed by atoms with Gasteiger partial charge in [-0.15, -0.1) is 0 Å². The number of rotatable bonds is 7. The average Bonchev–Trinajstić information content (AvgIpc) is 2.47. The van der Waals surface area contributed by atoms with Crippen molar-refractivity contribution in [2.45, 2.75) is 18.6 Å². The molecule has 0 radical (unpaired) electrons. The van der Waals surface area contributed by atoms with E-state index in [1.54, 1.807) is 31.2 Å². The Balaban J connectivity index is 2.80. The number of hydrogen-bond donors (Lipinski definition) is 2. The molecule has 1 aromatic rings. The Morgan fingerprint density at radius 3 is 2.35 bits per heavy atom. The molecule has 0 saturated heterocycles. The van der Waals surface area contributed by atoms with Crippen molar-refractivity contribution in [2.75, 3.05) is 20.8 Å². The van der Waals surface area contributed by atoms with Crippen molar-refractivity contribution >= 4 is 11.9 Å². The molecule has 0 fully saturated rings. The lowest BCUT2D eigenvalue weighted by Crippen LogP contribution is -2.47. The number of aliphatic carboxylic acids is 1. The van der Waals surface area contributed by atoms with E-state index in [0.29, 0.717) is 5.56 Å². The predicted molar refractivity (Wildman–Crippen MR) is 72.2 cm³/mol. The molecule has 1 rings (SSSR count). The zero-order chi connectivity index (χ0) is 15.2. The lowest BCUT2D eigenvalue weighted by Gasteiger charge is -2.27. The molecule has 1 amide bonds. The van der Waals surface area contributed by atoms with Crippen LogP contribution in [0.5, 0.6) is 0 Å². The van der Waals surface area contributed by atoms with Crippen molar-refractivity contribution in [1.29, 1.82) is 0 Å². The van der Waals surface area contributed by atoms with E-state index in [1.165, 1.54) is 14.2 Å². The van der Waals surface area contributed by atoms with E-state index in [-0.39, 0.29) is 6.54 Å². The lowest BCUT2D eigenvalue weighted by atomic mass is 9.94. The van der Waals surface area contributed by atoms with Gasteiger partial charge >= 0.3 is 5.97 Å². The number of amides is 1. The standard InChI is InChI=1S/C14H19NO5/c1-14(20-3,10-7-5-4-6-8-10)13(18)15-9-11(19-2)12(16)17/h4-8,11H,9H2,1-3H3,(H,15,18)(H,16,17). The van der Waals surface area contributed by atoms with Gasteiger partial charge in [0.05, 0.1) is 6.54 Å². The highest BCUT2D eigenvalue weighted by Crippen LogP contribution is 2.24. The molecular formula is C14H19NO5. The number of carbonyl (C=O) groups is 2. The molecular weight excluding hydrogens is 262 g/mol. The molecule has 6 nitrogen and oxygen atoms in total. The molecule has 0 aliphatic rings. The maximum atomic E-state index is 12.3. The second-order valence-corrected chi connectivity index (χ2v) is 4.38. The van der Waals surface area contributed by atoms with Crippen molar-refractivity contribution in [1.82, 2.24) is 5.32 Å². The first-order chi connectivity index (χ1) is 9.45. The number of benzene rings is 1. The van der Waals surface area contributed by atoms with Crippen LogP contribution in [0, 0.1) is 0 Å². The second-order valence-electron chi connectivity index (χ2n) is 4.38. The molecule has 0 saturated carbocycles. The molecule has 2 unspecified atom stereocenters. The molecule has 20 heavy (non-hydrogen) atoms. The molecule has 0 heterocycles. The molecule has 0 spiro atoms. The summed E-state index contributed by atoms with van der Waals surface area (Å²) in [6.45, 7) is 1.50. The summed E-state index contributed by atoms with van der Waals surface area (Å²) in [4.78, 5) is 23.1. The van der Waals surface area contributed by atoms with E-state index < -0.39 is 23.6 Å². The zero-order valence-electron chi connectivity index (χ0n) is 11.8. The summed E-state index contributed by atoms with van der Waals surface area (Å²) in [5.41, 5.74) is -0.498. The fourth-order valence-electron chi connectivity index (χ4n) is 1.72. The van der Waals surface area contributed by atoms with Crippen molar-refractivity contribution in [2.24, 2.45) is 0 Å². The topological polar surface area (TPSA) is 84.9 Å². The van der Waals surface area contributed by atoms with E-state index in [1.807, 2.05) is 6.07 Å². The molecule has 2 atom stereocenters. The highest BCUT2D eigenvalue weighted by atomic mass is 16.5. The van der Waals surface area contributed by atoms with Gasteiger partial charge in [-0.25, -0.2) is 4.79 Å². The third kappa shape index (κ3) is 3.55. The summed E-state index contributed by atoms with van der Waals surface area (Å²) < 4.78 is 10.1. The van der Waals surface area contributed by atoms with Gasteiger partial charge in [0.2, 0.25) is 0 Å². The molecule has 6 heteroatoms. The van der Waals surface area contributed by atoms with Crippen LogP contribution < -0.4 is 5.32 Å². The largest absolute Gasteiger partial charge is 0.479 e. The van der Waals surface area contributed by atoms with Crippen LogP contribution in [0.4, 0.5) is 0 Å². The van der Waals surface area contributed by atoms with Crippen LogP contribution in [-0.4, -0.2) is 43.9 Å². The summed E-state index contributed by atoms with van der Waals surface area (Å²) in [6.07, 6.45) is -1.09. The number of ether oxygens (including phenoxy) is 2. The van der Waals surface area contributed by atoms with Crippen LogP contribution in [0.25, 0.3) is 0 Å². The summed E-state index contributed by atoms with van der Waals surface area (Å²) in [5.74, 6) is -1.55. The van der Waals surface area contributed by atoms with Gasteiger partial charge < -0.3 is 19.9 Å². The summed E-state index contributed by atoms with van der Waals surface area (Å²) in [6, 6.07) is 8.98. The number of carboxylic acids is 1. The minimum absolute atomic E-state index is 0.129. The fraction of sp³-hybridized carbons (Fsp3) is 0.429. The van der Waals surface area contributed by atoms with Crippen molar-refractivity contribution < 1.29 is 24.2 Å². The Morgan fingerprint density at radius 1 is 1.30 bits per heavy atom. The average molecular weight is 281 g/mol. The predicted octanol–water partition coefficient (Wildman–Crippen LogP) is 0.764. The van der Waals surface area contributed by atoms with Gasteiger partial charge in [0, 0.05) is 14.2 Å². The highest BCUT2D eigenvalue weighted by Gasteiger charge is 2.35. The first-order valence-electron chi connectivity index (χ1n) is 6.10. The Labute approximate surface area is 117 Å². The van der Waals surface area contributed by atoms with Crippen LogP contribution in [0.2, 0.25) is 0 Å². The van der Waals surface area contributed by atoms with Crippen molar-refractivity contribution in [3.63, 3.8) is 0 Å². The van der Waals surface area contributed by atoms with Crippen LogP contribution in [0.15, 0.2) is 30.3 Å². The van der Waals surface area contributed by atoms with Crippen LogP contribution in [0.3, 0.4) is 0 Å². The molecule has 0 aromatic heterocycles. The molecule has 110 valence electrons. The quantitative estimate of drug-likeness (QED) is 0.771. The minimum atomic E-state index is -1.18. The molecule has 2 N–H and O–H groups in total. The number of hydrogen-bond acceptors (Lipinski definition) is 4. The van der Waals surface area contributed by atoms with Gasteiger partial charge in [0.15, 0.2) is 11.7 Å². The summed E-state index contributed by atoms with van der Waals surface area (Å²) in [5, 5.41) is 11.4. The van der Waals surface area contributed by atoms with E-state index in [4.69, 9.17) is 14.6 Å². The van der Waals surface area contributed by atoms with E-state index in [9.17, 15) is 9.59 Å². The number of carboxylic acid groups (broad SMARTS) is 1. The maximum Gasteiger partial charge on any atom is 0.334 e. The molecule has 0 aliphatic carbocycles. The fourth-order valence-corrected chi connectivity index (χ4v) is 1.72. The van der Waals surface area contributed by atoms with Gasteiger partial charge in [0.25, 0.3) is 5.91 Å². The SMILES string of the molecule is COC(CNC(=O)C(C)(OC)c1ccccc1)C(=O)O. The molecule has 0 bridgehead atoms.